The van der Waals surface area contributed by atoms with Crippen LogP contribution >= 0.6 is 0 Å². The molecule has 0 heterocycles. The third-order valence-electron chi connectivity index (χ3n) is 0.589. The fourth-order valence-corrected chi connectivity index (χ4v) is 0.250. The molecule has 0 aliphatic heterocycles. The molecule has 0 saturated heterocycles. The van der Waals surface area contributed by atoms with Gasteiger partial charge >= 0.3 is 0 Å². The van der Waals surface area contributed by atoms with Crippen molar-refractivity contribution in [2.75, 3.05) is 0 Å². The van der Waals surface area contributed by atoms with Crippen LogP contribution < -0.4 is 0 Å². The Bertz CT molecular complexity index is 84.1. The molecule has 1 N–H and O–H groups in total. The molecule has 7 heavy (non-hydrogen) atoms. The van der Waals surface area contributed by atoms with E-state index in [4.69, 9.17) is 5.11 Å². The topological polar surface area (TPSA) is 20.2 Å². The summed E-state index contributed by atoms with van der Waals surface area (Å²) in [5.41, 5.74) is 0. The number of hydrogen-bond acceptors (Lipinski definition) is 1. The Morgan fingerprint density at radius 1 is 1.57 bits per heavy atom. The fourth-order valence-electron chi connectivity index (χ4n) is 0.250. The Kier molecular flexibility index (Phi) is 3.22. The van der Waals surface area contributed by atoms with Crippen LogP contribution in [0, 0.1) is 17.9 Å². The highest BCUT2D eigenvalue weighted by atomic mass is 16.2. The quantitative estimate of drug-likeness (QED) is 0.491. The van der Waals surface area contributed by atoms with E-state index in [0.29, 0.717) is 5.92 Å². The molecule has 0 rings (SSSR count). The van der Waals surface area contributed by atoms with Gasteiger partial charge in [-0.2, -0.15) is 0 Å². The summed E-state index contributed by atoms with van der Waals surface area (Å²) >= 11 is 0. The maximum absolute atomic E-state index is 7.95. The van der Waals surface area contributed by atoms with E-state index in [0.717, 1.165) is 6.42 Å². The van der Waals surface area contributed by atoms with Gasteiger partial charge in [0.15, 0.2) is 0 Å². The summed E-state index contributed by atoms with van der Waals surface area (Å²) in [7, 11) is 0. The van der Waals surface area contributed by atoms with Gasteiger partial charge in [-0.1, -0.05) is 19.8 Å². The van der Waals surface area contributed by atoms with E-state index in [9.17, 15) is 0 Å². The minimum atomic E-state index is 0.569. The lowest BCUT2D eigenvalue weighted by molar-refractivity contribution is 0.514. The van der Waals surface area contributed by atoms with E-state index in [1.54, 1.807) is 0 Å². The SMILES string of the molecule is CC(C)CC#CO. The van der Waals surface area contributed by atoms with Gasteiger partial charge in [0.2, 0.25) is 0 Å². The molecule has 0 aliphatic carbocycles. The first kappa shape index (κ1) is 6.36. The Morgan fingerprint density at radius 2 is 2.14 bits per heavy atom. The molecule has 0 bridgehead atoms. The van der Waals surface area contributed by atoms with Crippen molar-refractivity contribution in [1.82, 2.24) is 0 Å². The summed E-state index contributed by atoms with van der Waals surface area (Å²) in [4.78, 5) is 0. The van der Waals surface area contributed by atoms with Crippen LogP contribution in [0.5, 0.6) is 0 Å². The van der Waals surface area contributed by atoms with Crippen LogP contribution in [0.2, 0.25) is 0 Å². The van der Waals surface area contributed by atoms with Crippen molar-refractivity contribution in [2.45, 2.75) is 20.3 Å². The molecule has 0 aliphatic rings. The van der Waals surface area contributed by atoms with Crippen molar-refractivity contribution in [3.05, 3.63) is 0 Å². The Labute approximate surface area is 44.4 Å². The second-order valence-electron chi connectivity index (χ2n) is 1.89. The Morgan fingerprint density at radius 3 is 2.29 bits per heavy atom. The number of aliphatic hydroxyl groups is 1. The first-order chi connectivity index (χ1) is 3.27. The van der Waals surface area contributed by atoms with Crippen LogP contribution in [0.4, 0.5) is 0 Å². The van der Waals surface area contributed by atoms with Gasteiger partial charge in [-0.05, 0) is 5.92 Å². The van der Waals surface area contributed by atoms with Crippen molar-refractivity contribution in [2.24, 2.45) is 5.92 Å². The summed E-state index contributed by atoms with van der Waals surface area (Å²) < 4.78 is 0. The van der Waals surface area contributed by atoms with Gasteiger partial charge in [-0.3, -0.25) is 0 Å². The average Bonchev–Trinajstić information content (AvgIpc) is 1.61. The van der Waals surface area contributed by atoms with Crippen molar-refractivity contribution < 1.29 is 5.11 Å². The molecule has 0 saturated carbocycles. The van der Waals surface area contributed by atoms with Crippen LogP contribution in [0.3, 0.4) is 0 Å². The molecule has 0 atom stereocenters. The third kappa shape index (κ3) is 5.36. The Balaban J connectivity index is 3.08. The first-order valence-electron chi connectivity index (χ1n) is 2.39. The molecule has 1 heteroatoms. The van der Waals surface area contributed by atoms with Crippen molar-refractivity contribution in [3.63, 3.8) is 0 Å². The van der Waals surface area contributed by atoms with Gasteiger partial charge in [-0.25, -0.2) is 0 Å². The lowest BCUT2D eigenvalue weighted by Crippen LogP contribution is -1.80. The van der Waals surface area contributed by atoms with E-state index >= 15 is 0 Å². The fraction of sp³-hybridized carbons (Fsp3) is 0.667. The van der Waals surface area contributed by atoms with Crippen LogP contribution in [0.1, 0.15) is 20.3 Å². The van der Waals surface area contributed by atoms with E-state index in [1.807, 2.05) is 6.11 Å². The molecule has 0 radical (unpaired) electrons. The summed E-state index contributed by atoms with van der Waals surface area (Å²) in [6.07, 6.45) is 2.64. The van der Waals surface area contributed by atoms with Gasteiger partial charge in [0, 0.05) is 6.42 Å². The van der Waals surface area contributed by atoms with E-state index < -0.39 is 0 Å². The highest BCUT2D eigenvalue weighted by Crippen LogP contribution is 1.94. The van der Waals surface area contributed by atoms with Crippen LogP contribution in [0.15, 0.2) is 0 Å². The molecule has 0 fully saturated rings. The summed E-state index contributed by atoms with van der Waals surface area (Å²) in [6, 6.07) is 0. The predicted octanol–water partition coefficient (Wildman–Crippen LogP) is 1.37. The van der Waals surface area contributed by atoms with E-state index in [2.05, 4.69) is 19.8 Å². The minimum Gasteiger partial charge on any atom is -0.462 e. The zero-order valence-electron chi connectivity index (χ0n) is 4.73. The number of rotatable bonds is 1. The molecule has 40 valence electrons. The van der Waals surface area contributed by atoms with Gasteiger partial charge in [-0.15, -0.1) is 0 Å². The minimum absolute atomic E-state index is 0.569. The predicted molar refractivity (Wildman–Crippen MR) is 29.2 cm³/mol. The zero-order chi connectivity index (χ0) is 5.70. The molecule has 0 aromatic carbocycles. The Hall–Kier alpha value is -0.640. The highest BCUT2D eigenvalue weighted by Gasteiger charge is 1.84. The highest BCUT2D eigenvalue weighted by molar-refractivity contribution is 4.89. The second-order valence-corrected chi connectivity index (χ2v) is 1.89. The van der Waals surface area contributed by atoms with E-state index in [1.165, 1.54) is 0 Å². The number of aliphatic hydroxyl groups excluding tert-OH is 1. The molecule has 0 unspecified atom stereocenters. The molecular weight excluding hydrogens is 88.1 g/mol. The third-order valence-corrected chi connectivity index (χ3v) is 0.589. The van der Waals surface area contributed by atoms with Crippen LogP contribution in [-0.2, 0) is 0 Å². The standard InChI is InChI=1S/C6H10O/c1-6(2)4-3-5-7/h6-7H,4H2,1-2H3. The molecule has 0 amide bonds. The smallest absolute Gasteiger partial charge is 0.107 e. The van der Waals surface area contributed by atoms with Gasteiger partial charge < -0.3 is 5.11 Å². The normalized spacial score (nSPS) is 7.86. The average molecular weight is 98.1 g/mol. The largest absolute Gasteiger partial charge is 0.462 e. The molecular formula is C6H10O. The van der Waals surface area contributed by atoms with Gasteiger partial charge in [0.25, 0.3) is 0 Å². The van der Waals surface area contributed by atoms with Crippen molar-refractivity contribution in [1.29, 1.82) is 0 Å². The maximum atomic E-state index is 7.95. The first-order valence-corrected chi connectivity index (χ1v) is 2.39. The molecule has 0 aromatic rings. The van der Waals surface area contributed by atoms with Crippen molar-refractivity contribution >= 4 is 0 Å². The summed E-state index contributed by atoms with van der Waals surface area (Å²) in [5, 5.41) is 7.95. The summed E-state index contributed by atoms with van der Waals surface area (Å²) in [5.74, 6) is 3.12. The van der Waals surface area contributed by atoms with Crippen LogP contribution in [0.25, 0.3) is 0 Å². The lowest BCUT2D eigenvalue weighted by atomic mass is 10.1. The lowest BCUT2D eigenvalue weighted by Gasteiger charge is -1.90. The molecule has 0 spiro atoms. The van der Waals surface area contributed by atoms with Crippen LogP contribution in [-0.4, -0.2) is 5.11 Å². The second kappa shape index (κ2) is 3.55. The van der Waals surface area contributed by atoms with Gasteiger partial charge in [0.1, 0.15) is 6.11 Å². The molecule has 1 nitrogen and oxygen atoms in total. The zero-order valence-corrected chi connectivity index (χ0v) is 4.73. The maximum Gasteiger partial charge on any atom is 0.107 e. The summed E-state index contributed by atoms with van der Waals surface area (Å²) in [6.45, 7) is 4.12. The number of hydrogen-bond donors (Lipinski definition) is 1. The van der Waals surface area contributed by atoms with Crippen molar-refractivity contribution in [3.8, 4) is 12.0 Å². The van der Waals surface area contributed by atoms with E-state index in [-0.39, 0.29) is 0 Å². The monoisotopic (exact) mass is 98.1 g/mol. The van der Waals surface area contributed by atoms with Gasteiger partial charge in [0.05, 0.1) is 0 Å². The molecule has 0 aromatic heterocycles.